The maximum atomic E-state index is 11.9. The number of halogens is 1. The van der Waals surface area contributed by atoms with Crippen molar-refractivity contribution in [2.24, 2.45) is 5.10 Å². The SMILES string of the molecule is CC(=NNC(=O)COc1ccc(I)cc1)c1ccc(-c2ccccc2)cc1. The van der Waals surface area contributed by atoms with E-state index in [9.17, 15) is 4.79 Å². The lowest BCUT2D eigenvalue weighted by atomic mass is 10.0. The third-order valence-corrected chi connectivity index (χ3v) is 4.66. The molecule has 0 saturated heterocycles. The predicted molar refractivity (Wildman–Crippen MR) is 117 cm³/mol. The van der Waals surface area contributed by atoms with E-state index in [1.165, 1.54) is 5.56 Å². The molecule has 27 heavy (non-hydrogen) atoms. The van der Waals surface area contributed by atoms with Gasteiger partial charge in [-0.15, -0.1) is 0 Å². The number of carbonyl (C=O) groups is 1. The normalized spacial score (nSPS) is 11.1. The number of hydrogen-bond donors (Lipinski definition) is 1. The van der Waals surface area contributed by atoms with Gasteiger partial charge in [-0.05, 0) is 70.5 Å². The van der Waals surface area contributed by atoms with Gasteiger partial charge in [-0.1, -0.05) is 54.6 Å². The molecule has 0 bridgehead atoms. The fraction of sp³-hybridized carbons (Fsp3) is 0.0909. The van der Waals surface area contributed by atoms with Crippen LogP contribution in [-0.2, 0) is 4.79 Å². The molecule has 0 aliphatic rings. The largest absolute Gasteiger partial charge is 0.484 e. The van der Waals surface area contributed by atoms with Gasteiger partial charge in [0.25, 0.3) is 5.91 Å². The van der Waals surface area contributed by atoms with Crippen LogP contribution in [0.1, 0.15) is 12.5 Å². The van der Waals surface area contributed by atoms with Gasteiger partial charge in [-0.25, -0.2) is 5.43 Å². The number of nitrogens with zero attached hydrogens (tertiary/aromatic N) is 1. The zero-order valence-electron chi connectivity index (χ0n) is 14.9. The highest BCUT2D eigenvalue weighted by atomic mass is 127. The number of hydrazone groups is 1. The molecule has 0 saturated carbocycles. The van der Waals surface area contributed by atoms with Crippen molar-refractivity contribution in [1.29, 1.82) is 0 Å². The van der Waals surface area contributed by atoms with E-state index in [4.69, 9.17) is 4.74 Å². The maximum absolute atomic E-state index is 11.9. The molecule has 4 nitrogen and oxygen atoms in total. The molecule has 0 fully saturated rings. The van der Waals surface area contributed by atoms with Crippen molar-refractivity contribution in [3.63, 3.8) is 0 Å². The van der Waals surface area contributed by atoms with Gasteiger partial charge in [0.05, 0.1) is 5.71 Å². The van der Waals surface area contributed by atoms with E-state index in [2.05, 4.69) is 45.3 Å². The first-order valence-corrected chi connectivity index (χ1v) is 9.57. The van der Waals surface area contributed by atoms with Crippen LogP contribution in [-0.4, -0.2) is 18.2 Å². The highest BCUT2D eigenvalue weighted by molar-refractivity contribution is 14.1. The number of rotatable bonds is 6. The molecule has 0 aliphatic heterocycles. The van der Waals surface area contributed by atoms with Crippen molar-refractivity contribution in [1.82, 2.24) is 5.43 Å². The van der Waals surface area contributed by atoms with Crippen LogP contribution in [0.15, 0.2) is 84.0 Å². The number of nitrogens with one attached hydrogen (secondary N) is 1. The van der Waals surface area contributed by atoms with Crippen LogP contribution >= 0.6 is 22.6 Å². The zero-order chi connectivity index (χ0) is 19.1. The van der Waals surface area contributed by atoms with E-state index >= 15 is 0 Å². The zero-order valence-corrected chi connectivity index (χ0v) is 17.0. The molecule has 1 N–H and O–H groups in total. The average molecular weight is 470 g/mol. The molecule has 0 radical (unpaired) electrons. The monoisotopic (exact) mass is 470 g/mol. The van der Waals surface area contributed by atoms with E-state index in [1.54, 1.807) is 0 Å². The molecule has 0 heterocycles. The minimum Gasteiger partial charge on any atom is -0.484 e. The molecule has 5 heteroatoms. The summed E-state index contributed by atoms with van der Waals surface area (Å²) in [7, 11) is 0. The molecule has 3 rings (SSSR count). The van der Waals surface area contributed by atoms with E-state index < -0.39 is 0 Å². The summed E-state index contributed by atoms with van der Waals surface area (Å²) in [5.41, 5.74) is 6.52. The number of ether oxygens (including phenoxy) is 1. The summed E-state index contributed by atoms with van der Waals surface area (Å²) in [6, 6.07) is 25.8. The molecule has 3 aromatic rings. The van der Waals surface area contributed by atoms with E-state index in [0.717, 1.165) is 20.4 Å². The summed E-state index contributed by atoms with van der Waals surface area (Å²) in [5, 5.41) is 4.16. The van der Waals surface area contributed by atoms with Gasteiger partial charge in [0.2, 0.25) is 0 Å². The predicted octanol–water partition coefficient (Wildman–Crippen LogP) is 4.88. The highest BCUT2D eigenvalue weighted by Crippen LogP contribution is 2.19. The van der Waals surface area contributed by atoms with E-state index in [1.807, 2.05) is 73.7 Å². The van der Waals surface area contributed by atoms with Crippen molar-refractivity contribution in [2.45, 2.75) is 6.92 Å². The van der Waals surface area contributed by atoms with Gasteiger partial charge >= 0.3 is 0 Å². The summed E-state index contributed by atoms with van der Waals surface area (Å²) in [6.45, 7) is 1.78. The first-order chi connectivity index (χ1) is 13.1. The fourth-order valence-electron chi connectivity index (χ4n) is 2.46. The Kier molecular flexibility index (Phi) is 6.59. The minimum absolute atomic E-state index is 0.0791. The summed E-state index contributed by atoms with van der Waals surface area (Å²) in [6.07, 6.45) is 0. The third-order valence-electron chi connectivity index (χ3n) is 3.94. The number of amides is 1. The van der Waals surface area contributed by atoms with Crippen molar-refractivity contribution in [2.75, 3.05) is 6.61 Å². The van der Waals surface area contributed by atoms with E-state index in [0.29, 0.717) is 5.75 Å². The Morgan fingerprint density at radius 3 is 2.22 bits per heavy atom. The van der Waals surface area contributed by atoms with Crippen molar-refractivity contribution in [3.05, 3.63) is 88.0 Å². The molecule has 136 valence electrons. The second-order valence-corrected chi connectivity index (χ2v) is 7.16. The van der Waals surface area contributed by atoms with Crippen molar-refractivity contribution >= 4 is 34.2 Å². The first kappa shape index (κ1) is 19.1. The molecule has 3 aromatic carbocycles. The molecule has 0 aromatic heterocycles. The van der Waals surface area contributed by atoms with Crippen LogP contribution in [0.4, 0.5) is 0 Å². The first-order valence-electron chi connectivity index (χ1n) is 8.49. The van der Waals surface area contributed by atoms with Gasteiger partial charge in [0.1, 0.15) is 5.75 Å². The summed E-state index contributed by atoms with van der Waals surface area (Å²) in [5.74, 6) is 0.358. The number of carbonyl (C=O) groups excluding carboxylic acids is 1. The van der Waals surface area contributed by atoms with Gasteiger partial charge in [-0.3, -0.25) is 4.79 Å². The molecule has 0 unspecified atom stereocenters. The lowest BCUT2D eigenvalue weighted by Crippen LogP contribution is -2.25. The summed E-state index contributed by atoms with van der Waals surface area (Å²) >= 11 is 2.22. The van der Waals surface area contributed by atoms with Gasteiger partial charge < -0.3 is 4.74 Å². The second-order valence-electron chi connectivity index (χ2n) is 5.92. The van der Waals surface area contributed by atoms with Crippen LogP contribution in [0, 0.1) is 3.57 Å². The van der Waals surface area contributed by atoms with Crippen LogP contribution < -0.4 is 10.2 Å². The Hall–Kier alpha value is -2.67. The van der Waals surface area contributed by atoms with Crippen LogP contribution in [0.5, 0.6) is 5.75 Å². The highest BCUT2D eigenvalue weighted by Gasteiger charge is 2.04. The number of hydrogen-bond acceptors (Lipinski definition) is 3. The Balaban J connectivity index is 1.55. The Morgan fingerprint density at radius 2 is 1.56 bits per heavy atom. The minimum atomic E-state index is -0.297. The van der Waals surface area contributed by atoms with Crippen LogP contribution in [0.3, 0.4) is 0 Å². The Bertz CT molecular complexity index is 921. The van der Waals surface area contributed by atoms with Crippen LogP contribution in [0.25, 0.3) is 11.1 Å². The number of benzene rings is 3. The topological polar surface area (TPSA) is 50.7 Å². The van der Waals surface area contributed by atoms with Crippen molar-refractivity contribution in [3.8, 4) is 16.9 Å². The summed E-state index contributed by atoms with van der Waals surface area (Å²) in [4.78, 5) is 11.9. The average Bonchev–Trinajstić information content (AvgIpc) is 2.72. The lowest BCUT2D eigenvalue weighted by molar-refractivity contribution is -0.123. The standard InChI is InChI=1S/C22H19IN2O2/c1-16(17-7-9-19(10-8-17)18-5-3-2-4-6-18)24-25-22(26)15-27-21-13-11-20(23)12-14-21/h2-14H,15H2,1H3,(H,25,26). The second kappa shape index (κ2) is 9.32. The maximum Gasteiger partial charge on any atom is 0.277 e. The van der Waals surface area contributed by atoms with Gasteiger partial charge in [-0.2, -0.15) is 5.10 Å². The molecule has 1 amide bonds. The quantitative estimate of drug-likeness (QED) is 0.317. The molecule has 0 spiro atoms. The molecular formula is C22H19IN2O2. The Labute approximate surface area is 172 Å². The van der Waals surface area contributed by atoms with Gasteiger partial charge in [0, 0.05) is 3.57 Å². The van der Waals surface area contributed by atoms with Gasteiger partial charge in [0.15, 0.2) is 6.61 Å². The third kappa shape index (κ3) is 5.65. The molecule has 0 atom stereocenters. The lowest BCUT2D eigenvalue weighted by Gasteiger charge is -2.07. The van der Waals surface area contributed by atoms with E-state index in [-0.39, 0.29) is 12.5 Å². The fourth-order valence-corrected chi connectivity index (χ4v) is 2.82. The van der Waals surface area contributed by atoms with Crippen LogP contribution in [0.2, 0.25) is 0 Å². The summed E-state index contributed by atoms with van der Waals surface area (Å²) < 4.78 is 6.55. The molecule has 0 aliphatic carbocycles. The molecular weight excluding hydrogens is 451 g/mol. The van der Waals surface area contributed by atoms with Crippen molar-refractivity contribution < 1.29 is 9.53 Å². The smallest absolute Gasteiger partial charge is 0.277 e. The Morgan fingerprint density at radius 1 is 0.926 bits per heavy atom.